The van der Waals surface area contributed by atoms with Crippen molar-refractivity contribution in [3.05, 3.63) is 41.2 Å². The number of benzene rings is 1. The maximum Gasteiger partial charge on any atom is 0.276 e. The first kappa shape index (κ1) is 18.0. The summed E-state index contributed by atoms with van der Waals surface area (Å²) in [4.78, 5) is 17.5. The second-order valence-corrected chi connectivity index (χ2v) is 8.01. The number of aryl methyl sites for hydroxylation is 2. The average molecular weight is 367 g/mol. The highest BCUT2D eigenvalue weighted by Crippen LogP contribution is 2.31. The minimum atomic E-state index is -0.184. The van der Waals surface area contributed by atoms with E-state index >= 15 is 0 Å². The van der Waals surface area contributed by atoms with Crippen LogP contribution in [0.5, 0.6) is 0 Å². The van der Waals surface area contributed by atoms with Crippen LogP contribution in [0.4, 0.5) is 11.4 Å². The molecule has 6 nitrogen and oxygen atoms in total. The van der Waals surface area contributed by atoms with Crippen molar-refractivity contribution in [2.45, 2.75) is 52.1 Å². The zero-order valence-electron chi connectivity index (χ0n) is 16.5. The number of H-pyrrole nitrogens is 1. The van der Waals surface area contributed by atoms with Gasteiger partial charge < -0.3 is 10.2 Å². The highest BCUT2D eigenvalue weighted by Gasteiger charge is 2.33. The summed E-state index contributed by atoms with van der Waals surface area (Å²) in [6, 6.07) is 9.32. The normalized spacial score (nSPS) is 23.1. The van der Waals surface area contributed by atoms with Gasteiger partial charge in [0.1, 0.15) is 0 Å². The van der Waals surface area contributed by atoms with Gasteiger partial charge in [-0.25, -0.2) is 0 Å². The molecule has 1 aromatic carbocycles. The van der Waals surface area contributed by atoms with Crippen LogP contribution in [-0.4, -0.2) is 52.7 Å². The molecule has 144 valence electrons. The van der Waals surface area contributed by atoms with Crippen molar-refractivity contribution in [1.82, 2.24) is 15.1 Å². The highest BCUT2D eigenvalue weighted by atomic mass is 16.1. The van der Waals surface area contributed by atoms with Crippen LogP contribution in [0.25, 0.3) is 0 Å². The molecule has 0 saturated carbocycles. The number of carbonyl (C=O) groups is 1. The lowest BCUT2D eigenvalue weighted by atomic mass is 10.1. The van der Waals surface area contributed by atoms with Crippen molar-refractivity contribution < 1.29 is 4.79 Å². The van der Waals surface area contributed by atoms with E-state index in [-0.39, 0.29) is 5.91 Å². The third-order valence-electron chi connectivity index (χ3n) is 5.97. The molecule has 0 aliphatic carbocycles. The molecule has 6 heteroatoms. The average Bonchev–Trinajstić information content (AvgIpc) is 3.36. The largest absolute Gasteiger partial charge is 0.370 e. The Morgan fingerprint density at radius 1 is 1.22 bits per heavy atom. The van der Waals surface area contributed by atoms with E-state index in [1.54, 1.807) is 6.07 Å². The van der Waals surface area contributed by atoms with Crippen molar-refractivity contribution in [2.24, 2.45) is 0 Å². The Morgan fingerprint density at radius 3 is 2.74 bits per heavy atom. The molecule has 0 bridgehead atoms. The number of likely N-dealkylation sites (tertiary alicyclic amines) is 1. The molecule has 3 heterocycles. The molecule has 2 N–H and O–H groups in total. The Hall–Kier alpha value is -2.34. The van der Waals surface area contributed by atoms with Crippen LogP contribution in [0, 0.1) is 13.8 Å². The van der Waals surface area contributed by atoms with Gasteiger partial charge in [-0.3, -0.25) is 14.8 Å². The van der Waals surface area contributed by atoms with Crippen LogP contribution in [0.15, 0.2) is 24.3 Å². The van der Waals surface area contributed by atoms with E-state index in [1.165, 1.54) is 37.1 Å². The molecule has 2 aliphatic heterocycles. The monoisotopic (exact) mass is 367 g/mol. The first-order valence-electron chi connectivity index (χ1n) is 9.96. The quantitative estimate of drug-likeness (QED) is 0.870. The Morgan fingerprint density at radius 2 is 2.07 bits per heavy atom. The highest BCUT2D eigenvalue weighted by molar-refractivity contribution is 6.03. The first-order valence-corrected chi connectivity index (χ1v) is 9.96. The summed E-state index contributed by atoms with van der Waals surface area (Å²) < 4.78 is 0. The number of nitrogens with one attached hydrogen (secondary N) is 2. The molecule has 0 radical (unpaired) electrons. The summed E-state index contributed by atoms with van der Waals surface area (Å²) in [5.74, 6) is -0.184. The predicted octanol–water partition coefficient (Wildman–Crippen LogP) is 3.34. The van der Waals surface area contributed by atoms with Gasteiger partial charge in [0, 0.05) is 42.2 Å². The second kappa shape index (κ2) is 7.35. The lowest BCUT2D eigenvalue weighted by Gasteiger charge is -2.29. The van der Waals surface area contributed by atoms with Gasteiger partial charge in [-0.15, -0.1) is 0 Å². The molecule has 2 atom stereocenters. The molecule has 2 fully saturated rings. The molecular weight excluding hydrogens is 338 g/mol. The molecule has 27 heavy (non-hydrogen) atoms. The van der Waals surface area contributed by atoms with Crippen LogP contribution >= 0.6 is 0 Å². The van der Waals surface area contributed by atoms with E-state index in [0.717, 1.165) is 30.5 Å². The number of hydrogen-bond donors (Lipinski definition) is 2. The van der Waals surface area contributed by atoms with Crippen LogP contribution < -0.4 is 10.2 Å². The van der Waals surface area contributed by atoms with E-state index in [4.69, 9.17) is 0 Å². The maximum absolute atomic E-state index is 12.3. The number of anilines is 2. The molecule has 4 rings (SSSR count). The Balaban J connectivity index is 1.42. The second-order valence-electron chi connectivity index (χ2n) is 8.01. The fourth-order valence-corrected chi connectivity index (χ4v) is 4.55. The Bertz CT molecular complexity index is 830. The van der Waals surface area contributed by atoms with Gasteiger partial charge in [0.2, 0.25) is 0 Å². The number of carbonyl (C=O) groups excluding carboxylic acids is 1. The standard InChI is InChI=1S/C21H29N5O/c1-14-11-17(22-21(27)19-12-15(2)23-24-19)6-7-20(14)25-10-8-18(13-25)26-9-4-5-16(26)3/h6-7,11-12,16,18H,4-5,8-10,13H2,1-3H3,(H,22,27)(H,23,24). The van der Waals surface area contributed by atoms with Gasteiger partial charge in [0.25, 0.3) is 5.91 Å². The van der Waals surface area contributed by atoms with Crippen LogP contribution in [0.1, 0.15) is 47.9 Å². The minimum absolute atomic E-state index is 0.184. The number of nitrogens with zero attached hydrogens (tertiary/aromatic N) is 3. The Labute approximate surface area is 160 Å². The van der Waals surface area contributed by atoms with Crippen molar-refractivity contribution in [3.63, 3.8) is 0 Å². The topological polar surface area (TPSA) is 64.3 Å². The summed E-state index contributed by atoms with van der Waals surface area (Å²) in [6.07, 6.45) is 3.90. The van der Waals surface area contributed by atoms with E-state index in [0.29, 0.717) is 11.7 Å². The predicted molar refractivity (Wildman–Crippen MR) is 108 cm³/mol. The zero-order chi connectivity index (χ0) is 19.0. The summed E-state index contributed by atoms with van der Waals surface area (Å²) in [6.45, 7) is 9.82. The smallest absolute Gasteiger partial charge is 0.276 e. The van der Waals surface area contributed by atoms with Crippen LogP contribution in [0.3, 0.4) is 0 Å². The minimum Gasteiger partial charge on any atom is -0.370 e. The lowest BCUT2D eigenvalue weighted by molar-refractivity contribution is 0.102. The summed E-state index contributed by atoms with van der Waals surface area (Å²) in [7, 11) is 0. The first-order chi connectivity index (χ1) is 13.0. The number of aromatic nitrogens is 2. The van der Waals surface area contributed by atoms with Gasteiger partial charge in [-0.2, -0.15) is 5.10 Å². The molecule has 1 aromatic heterocycles. The van der Waals surface area contributed by atoms with Gasteiger partial charge in [0.05, 0.1) is 0 Å². The van der Waals surface area contributed by atoms with Gasteiger partial charge in [0.15, 0.2) is 5.69 Å². The fourth-order valence-electron chi connectivity index (χ4n) is 4.55. The molecular formula is C21H29N5O. The third-order valence-corrected chi connectivity index (χ3v) is 5.97. The van der Waals surface area contributed by atoms with Gasteiger partial charge in [-0.1, -0.05) is 0 Å². The van der Waals surface area contributed by atoms with E-state index in [1.807, 2.05) is 13.0 Å². The third kappa shape index (κ3) is 3.72. The van der Waals surface area contributed by atoms with Gasteiger partial charge in [-0.05, 0) is 76.4 Å². The SMILES string of the molecule is Cc1cc(C(=O)Nc2ccc(N3CCC(N4CCCC4C)C3)c(C)c2)n[nH]1. The van der Waals surface area contributed by atoms with Crippen LogP contribution in [-0.2, 0) is 0 Å². The zero-order valence-corrected chi connectivity index (χ0v) is 16.5. The summed E-state index contributed by atoms with van der Waals surface area (Å²) in [5.41, 5.74) is 4.57. The van der Waals surface area contributed by atoms with Gasteiger partial charge >= 0.3 is 0 Å². The number of amides is 1. The summed E-state index contributed by atoms with van der Waals surface area (Å²) in [5, 5.41) is 9.76. The summed E-state index contributed by atoms with van der Waals surface area (Å²) >= 11 is 0. The van der Waals surface area contributed by atoms with E-state index in [9.17, 15) is 4.79 Å². The molecule has 2 saturated heterocycles. The fraction of sp³-hybridized carbons (Fsp3) is 0.524. The Kier molecular flexibility index (Phi) is 4.91. The van der Waals surface area contributed by atoms with Crippen molar-refractivity contribution in [1.29, 1.82) is 0 Å². The maximum atomic E-state index is 12.3. The lowest BCUT2D eigenvalue weighted by Crippen LogP contribution is -2.39. The van der Waals surface area contributed by atoms with Crippen molar-refractivity contribution in [2.75, 3.05) is 29.9 Å². The molecule has 2 aromatic rings. The number of aromatic amines is 1. The molecule has 1 amide bonds. The van der Waals surface area contributed by atoms with Crippen LogP contribution in [0.2, 0.25) is 0 Å². The van der Waals surface area contributed by atoms with E-state index in [2.05, 4.69) is 51.3 Å². The number of rotatable bonds is 4. The molecule has 0 spiro atoms. The van der Waals surface area contributed by atoms with E-state index < -0.39 is 0 Å². The van der Waals surface area contributed by atoms with Crippen molar-refractivity contribution in [3.8, 4) is 0 Å². The van der Waals surface area contributed by atoms with Crippen molar-refractivity contribution >= 4 is 17.3 Å². The molecule has 2 unspecified atom stereocenters. The number of hydrogen-bond acceptors (Lipinski definition) is 4. The molecule has 2 aliphatic rings.